The Morgan fingerprint density at radius 2 is 1.95 bits per heavy atom. The van der Waals surface area contributed by atoms with Crippen LogP contribution in [0.1, 0.15) is 23.7 Å². The van der Waals surface area contributed by atoms with Crippen molar-refractivity contribution in [1.82, 2.24) is 10.2 Å². The minimum atomic E-state index is -0.0674. The first-order valence-corrected chi connectivity index (χ1v) is 6.70. The van der Waals surface area contributed by atoms with E-state index in [1.807, 2.05) is 13.0 Å². The minimum Gasteiger partial charge on any atom is -0.496 e. The highest BCUT2D eigenvalue weighted by Crippen LogP contribution is 2.17. The Kier molecular flexibility index (Phi) is 6.73. The molecule has 0 aliphatic carbocycles. The van der Waals surface area contributed by atoms with E-state index in [1.165, 1.54) is 7.11 Å². The van der Waals surface area contributed by atoms with E-state index in [9.17, 15) is 9.59 Å². The summed E-state index contributed by atoms with van der Waals surface area (Å²) in [5.41, 5.74) is 0.538. The molecule has 110 valence electrons. The molecular weight excluding hydrogens is 256 g/mol. The van der Waals surface area contributed by atoms with Crippen LogP contribution in [0, 0.1) is 0 Å². The number of amides is 1. The number of ketones is 1. The third-order valence-corrected chi connectivity index (χ3v) is 2.81. The average molecular weight is 278 g/mol. The van der Waals surface area contributed by atoms with Gasteiger partial charge in [0.05, 0.1) is 25.8 Å². The number of carbonyl (C=O) groups is 2. The summed E-state index contributed by atoms with van der Waals surface area (Å²) in [6.07, 6.45) is 0.898. The fourth-order valence-corrected chi connectivity index (χ4v) is 1.83. The van der Waals surface area contributed by atoms with Gasteiger partial charge in [-0.3, -0.25) is 14.5 Å². The highest BCUT2D eigenvalue weighted by Gasteiger charge is 2.15. The average Bonchev–Trinajstić information content (AvgIpc) is 2.44. The molecule has 0 unspecified atom stereocenters. The van der Waals surface area contributed by atoms with Crippen LogP contribution in [0.3, 0.4) is 0 Å². The molecule has 0 bridgehead atoms. The number of Topliss-reactive ketones (excluding diaryl/α,β-unsaturated/α-hetero) is 1. The molecule has 1 rings (SSSR count). The second-order valence-electron chi connectivity index (χ2n) is 4.65. The number of para-hydroxylation sites is 1. The van der Waals surface area contributed by atoms with E-state index in [2.05, 4.69) is 5.32 Å². The van der Waals surface area contributed by atoms with Gasteiger partial charge in [-0.25, -0.2) is 0 Å². The molecule has 0 saturated heterocycles. The smallest absolute Gasteiger partial charge is 0.234 e. The highest BCUT2D eigenvalue weighted by molar-refractivity contribution is 6.00. The van der Waals surface area contributed by atoms with Crippen molar-refractivity contribution < 1.29 is 14.3 Å². The summed E-state index contributed by atoms with van der Waals surface area (Å²) in [5, 5.41) is 2.78. The molecule has 0 aromatic heterocycles. The van der Waals surface area contributed by atoms with Crippen LogP contribution in [-0.2, 0) is 4.79 Å². The molecule has 1 aromatic rings. The van der Waals surface area contributed by atoms with Crippen LogP contribution in [0.15, 0.2) is 24.3 Å². The fraction of sp³-hybridized carbons (Fsp3) is 0.467. The van der Waals surface area contributed by atoms with Gasteiger partial charge in [0.25, 0.3) is 0 Å². The Bertz CT molecular complexity index is 460. The van der Waals surface area contributed by atoms with Crippen molar-refractivity contribution in [2.24, 2.45) is 0 Å². The number of hydrogen-bond donors (Lipinski definition) is 1. The Hall–Kier alpha value is -1.88. The summed E-state index contributed by atoms with van der Waals surface area (Å²) < 4.78 is 5.16. The van der Waals surface area contributed by atoms with E-state index >= 15 is 0 Å². The molecule has 5 heteroatoms. The number of hydrogen-bond acceptors (Lipinski definition) is 4. The maximum absolute atomic E-state index is 12.2. The van der Waals surface area contributed by atoms with Crippen molar-refractivity contribution in [2.75, 3.05) is 33.8 Å². The Morgan fingerprint density at radius 1 is 1.25 bits per heavy atom. The number of likely N-dealkylation sites (N-methyl/N-ethyl adjacent to an activating group) is 1. The van der Waals surface area contributed by atoms with Crippen LogP contribution in [-0.4, -0.2) is 50.4 Å². The molecule has 1 amide bonds. The zero-order valence-corrected chi connectivity index (χ0v) is 12.3. The summed E-state index contributed by atoms with van der Waals surface area (Å²) in [4.78, 5) is 25.4. The number of methoxy groups -OCH3 is 1. The first-order valence-electron chi connectivity index (χ1n) is 6.70. The van der Waals surface area contributed by atoms with E-state index in [4.69, 9.17) is 4.74 Å². The second-order valence-corrected chi connectivity index (χ2v) is 4.65. The predicted molar refractivity (Wildman–Crippen MR) is 78.1 cm³/mol. The molecule has 5 nitrogen and oxygen atoms in total. The Morgan fingerprint density at radius 3 is 2.60 bits per heavy atom. The van der Waals surface area contributed by atoms with Gasteiger partial charge >= 0.3 is 0 Å². The molecule has 0 heterocycles. The molecular formula is C15H22N2O3. The van der Waals surface area contributed by atoms with Crippen LogP contribution in [0.4, 0.5) is 0 Å². The highest BCUT2D eigenvalue weighted by atomic mass is 16.5. The molecule has 0 aliphatic rings. The van der Waals surface area contributed by atoms with Gasteiger partial charge in [0.2, 0.25) is 5.91 Å². The summed E-state index contributed by atoms with van der Waals surface area (Å²) in [6.45, 7) is 3.04. The third-order valence-electron chi connectivity index (χ3n) is 2.81. The van der Waals surface area contributed by atoms with Gasteiger partial charge in [0.15, 0.2) is 5.78 Å². The van der Waals surface area contributed by atoms with Gasteiger partial charge < -0.3 is 10.1 Å². The van der Waals surface area contributed by atoms with Crippen molar-refractivity contribution in [1.29, 1.82) is 0 Å². The molecule has 0 saturated carbocycles. The molecule has 0 atom stereocenters. The maximum Gasteiger partial charge on any atom is 0.234 e. The summed E-state index contributed by atoms with van der Waals surface area (Å²) in [6, 6.07) is 7.09. The molecule has 1 N–H and O–H groups in total. The number of benzene rings is 1. The number of ether oxygens (including phenoxy) is 1. The monoisotopic (exact) mass is 278 g/mol. The van der Waals surface area contributed by atoms with Gasteiger partial charge in [0, 0.05) is 6.54 Å². The lowest BCUT2D eigenvalue weighted by molar-refractivity contribution is -0.121. The zero-order valence-electron chi connectivity index (χ0n) is 12.3. The van der Waals surface area contributed by atoms with Gasteiger partial charge in [-0.15, -0.1) is 0 Å². The lowest BCUT2D eigenvalue weighted by Crippen LogP contribution is -2.37. The molecule has 0 aliphatic heterocycles. The molecule has 0 radical (unpaired) electrons. The standard InChI is InChI=1S/C15H22N2O3/c1-4-9-16-15(19)11-17(2)10-13(18)12-7-5-6-8-14(12)20-3/h5-8H,4,9-11H2,1-3H3,(H,16,19). The van der Waals surface area contributed by atoms with Gasteiger partial charge in [-0.2, -0.15) is 0 Å². The zero-order chi connectivity index (χ0) is 15.0. The van der Waals surface area contributed by atoms with Gasteiger partial charge in [-0.1, -0.05) is 19.1 Å². The van der Waals surface area contributed by atoms with Crippen LogP contribution >= 0.6 is 0 Å². The normalized spacial score (nSPS) is 10.4. The van der Waals surface area contributed by atoms with E-state index in [1.54, 1.807) is 30.1 Å². The molecule has 1 aromatic carbocycles. The minimum absolute atomic E-state index is 0.0618. The van der Waals surface area contributed by atoms with Gasteiger partial charge in [-0.05, 0) is 25.6 Å². The lowest BCUT2D eigenvalue weighted by atomic mass is 10.1. The van der Waals surface area contributed by atoms with Crippen LogP contribution in [0.25, 0.3) is 0 Å². The van der Waals surface area contributed by atoms with Gasteiger partial charge in [0.1, 0.15) is 5.75 Å². The third kappa shape index (κ3) is 5.01. The quantitative estimate of drug-likeness (QED) is 0.729. The molecule has 0 fully saturated rings. The van der Waals surface area contributed by atoms with Crippen molar-refractivity contribution in [3.63, 3.8) is 0 Å². The van der Waals surface area contributed by atoms with Crippen molar-refractivity contribution in [2.45, 2.75) is 13.3 Å². The summed E-state index contributed by atoms with van der Waals surface area (Å²) in [5.74, 6) is 0.428. The fourth-order valence-electron chi connectivity index (χ4n) is 1.83. The first-order chi connectivity index (χ1) is 9.58. The SMILES string of the molecule is CCCNC(=O)CN(C)CC(=O)c1ccccc1OC. The maximum atomic E-state index is 12.2. The Labute approximate surface area is 119 Å². The second kappa shape index (κ2) is 8.32. The lowest BCUT2D eigenvalue weighted by Gasteiger charge is -2.16. The topological polar surface area (TPSA) is 58.6 Å². The van der Waals surface area contributed by atoms with E-state index in [0.29, 0.717) is 17.9 Å². The van der Waals surface area contributed by atoms with E-state index in [-0.39, 0.29) is 24.8 Å². The van der Waals surface area contributed by atoms with Crippen molar-refractivity contribution in [3.8, 4) is 5.75 Å². The van der Waals surface area contributed by atoms with Crippen LogP contribution < -0.4 is 10.1 Å². The largest absolute Gasteiger partial charge is 0.496 e. The Balaban J connectivity index is 2.55. The summed E-state index contributed by atoms with van der Waals surface area (Å²) >= 11 is 0. The van der Waals surface area contributed by atoms with Crippen molar-refractivity contribution in [3.05, 3.63) is 29.8 Å². The predicted octanol–water partition coefficient (Wildman–Crippen LogP) is 1.34. The number of nitrogens with one attached hydrogen (secondary N) is 1. The molecule has 20 heavy (non-hydrogen) atoms. The summed E-state index contributed by atoms with van der Waals surface area (Å²) in [7, 11) is 3.28. The van der Waals surface area contributed by atoms with Crippen molar-refractivity contribution >= 4 is 11.7 Å². The number of nitrogens with zero attached hydrogens (tertiary/aromatic N) is 1. The number of carbonyl (C=O) groups excluding carboxylic acids is 2. The number of rotatable bonds is 8. The first kappa shape index (κ1) is 16.2. The van der Waals surface area contributed by atoms with Crippen LogP contribution in [0.2, 0.25) is 0 Å². The van der Waals surface area contributed by atoms with E-state index < -0.39 is 0 Å². The van der Waals surface area contributed by atoms with Crippen LogP contribution in [0.5, 0.6) is 5.75 Å². The van der Waals surface area contributed by atoms with E-state index in [0.717, 1.165) is 6.42 Å². The molecule has 0 spiro atoms.